The Morgan fingerprint density at radius 1 is 0.784 bits per heavy atom. The number of hydrogen-bond acceptors (Lipinski definition) is 6. The predicted octanol–water partition coefficient (Wildman–Crippen LogP) is 10.3. The number of carbonyl (C=O) groups excluding carboxylic acids is 3. The Bertz CT molecular complexity index is 2210. The van der Waals surface area contributed by atoms with Crippen LogP contribution >= 0.6 is 46.3 Å². The molecule has 0 aliphatic carbocycles. The van der Waals surface area contributed by atoms with Gasteiger partial charge in [0.05, 0.1) is 15.7 Å². The summed E-state index contributed by atoms with van der Waals surface area (Å²) in [4.78, 5) is 45.7. The van der Waals surface area contributed by atoms with Crippen molar-refractivity contribution >= 4 is 80.9 Å². The van der Waals surface area contributed by atoms with Crippen LogP contribution in [0.1, 0.15) is 32.3 Å². The van der Waals surface area contributed by atoms with E-state index in [1.807, 2.05) is 91.2 Å². The van der Waals surface area contributed by atoms with Gasteiger partial charge in [-0.2, -0.15) is 0 Å². The SMILES string of the molecule is Cc1cccc(/C=C(\NC(=O)c2ccccc2)C(=O)Nc2ccc(SC(C(=O)Nc3nc(-c4ccc(Cl)c(Cl)c4)cs3)c3ccccc3)cc2)c1. The van der Waals surface area contributed by atoms with Crippen LogP contribution in [0.4, 0.5) is 10.8 Å². The van der Waals surface area contributed by atoms with Crippen molar-refractivity contribution in [2.24, 2.45) is 0 Å². The number of anilines is 2. The molecule has 1 atom stereocenters. The fourth-order valence-electron chi connectivity index (χ4n) is 5.01. The van der Waals surface area contributed by atoms with Crippen LogP contribution in [0.5, 0.6) is 0 Å². The van der Waals surface area contributed by atoms with Crippen molar-refractivity contribution in [2.45, 2.75) is 17.1 Å². The van der Waals surface area contributed by atoms with Gasteiger partial charge >= 0.3 is 0 Å². The number of carbonyl (C=O) groups is 3. The molecule has 1 heterocycles. The number of benzene rings is 5. The van der Waals surface area contributed by atoms with E-state index < -0.39 is 17.1 Å². The zero-order chi connectivity index (χ0) is 35.7. The molecule has 6 rings (SSSR count). The van der Waals surface area contributed by atoms with Crippen LogP contribution in [0.3, 0.4) is 0 Å². The maximum Gasteiger partial charge on any atom is 0.272 e. The summed E-state index contributed by atoms with van der Waals surface area (Å²) in [5, 5.41) is 11.2. The van der Waals surface area contributed by atoms with Crippen LogP contribution < -0.4 is 16.0 Å². The summed E-state index contributed by atoms with van der Waals surface area (Å²) in [7, 11) is 0. The molecule has 0 saturated carbocycles. The number of hydrogen-bond donors (Lipinski definition) is 3. The van der Waals surface area contributed by atoms with Gasteiger partial charge in [0.2, 0.25) is 5.91 Å². The molecule has 7 nitrogen and oxygen atoms in total. The number of thiazole rings is 1. The van der Waals surface area contributed by atoms with Gasteiger partial charge in [0.15, 0.2) is 5.13 Å². The van der Waals surface area contributed by atoms with Gasteiger partial charge in [-0.25, -0.2) is 4.98 Å². The topological polar surface area (TPSA) is 100 Å². The van der Waals surface area contributed by atoms with Crippen molar-refractivity contribution in [3.8, 4) is 11.3 Å². The third-order valence-electron chi connectivity index (χ3n) is 7.54. The third-order valence-corrected chi connectivity index (χ3v) is 10.3. The molecule has 51 heavy (non-hydrogen) atoms. The van der Waals surface area contributed by atoms with E-state index in [-0.39, 0.29) is 11.6 Å². The van der Waals surface area contributed by atoms with Gasteiger partial charge in [-0.15, -0.1) is 23.1 Å². The fourth-order valence-corrected chi connectivity index (χ4v) is 7.06. The van der Waals surface area contributed by atoms with Crippen molar-refractivity contribution in [3.63, 3.8) is 0 Å². The number of halogens is 2. The number of aryl methyl sites for hydroxylation is 1. The summed E-state index contributed by atoms with van der Waals surface area (Å²) >= 11 is 15.0. The maximum atomic E-state index is 13.7. The molecule has 254 valence electrons. The normalized spacial score (nSPS) is 11.8. The number of rotatable bonds is 11. The Kier molecular flexibility index (Phi) is 11.7. The third kappa shape index (κ3) is 9.53. The highest BCUT2D eigenvalue weighted by atomic mass is 35.5. The van der Waals surface area contributed by atoms with Crippen molar-refractivity contribution in [2.75, 3.05) is 10.6 Å². The summed E-state index contributed by atoms with van der Waals surface area (Å²) in [6.07, 6.45) is 1.65. The number of nitrogens with one attached hydrogen (secondary N) is 3. The van der Waals surface area contributed by atoms with E-state index in [1.54, 1.807) is 54.6 Å². The van der Waals surface area contributed by atoms with Crippen molar-refractivity contribution in [3.05, 3.63) is 171 Å². The van der Waals surface area contributed by atoms with Crippen molar-refractivity contribution in [1.82, 2.24) is 10.3 Å². The van der Waals surface area contributed by atoms with Gasteiger partial charge < -0.3 is 16.0 Å². The van der Waals surface area contributed by atoms with Gasteiger partial charge in [0, 0.05) is 27.1 Å². The largest absolute Gasteiger partial charge is 0.321 e. The molecule has 0 radical (unpaired) electrons. The molecule has 0 bridgehead atoms. The molecule has 1 unspecified atom stereocenters. The lowest BCUT2D eigenvalue weighted by Gasteiger charge is -2.17. The Morgan fingerprint density at radius 3 is 2.22 bits per heavy atom. The molecule has 3 N–H and O–H groups in total. The highest BCUT2D eigenvalue weighted by Crippen LogP contribution is 2.37. The van der Waals surface area contributed by atoms with Crippen LogP contribution in [-0.2, 0) is 9.59 Å². The summed E-state index contributed by atoms with van der Waals surface area (Å²) in [5.41, 5.74) is 5.12. The molecule has 0 aliphatic heterocycles. The maximum absolute atomic E-state index is 13.7. The molecule has 0 aliphatic rings. The van der Waals surface area contributed by atoms with E-state index in [4.69, 9.17) is 23.2 Å². The van der Waals surface area contributed by atoms with Crippen LogP contribution in [-0.4, -0.2) is 22.7 Å². The molecule has 11 heteroatoms. The molecule has 0 fully saturated rings. The standard InChI is InChI=1S/C40H30Cl2N4O3S2/c1-25-9-8-10-26(21-25)22-34(44-37(47)28-13-6-3-7-14-28)38(48)43-30-16-18-31(19-17-30)51-36(27-11-4-2-5-12-27)39(49)46-40-45-35(24-50-40)29-15-20-32(41)33(42)23-29/h2-24,36H,1H3,(H,43,48)(H,44,47)(H,45,46,49)/b34-22-. The average Bonchev–Trinajstić information content (AvgIpc) is 3.61. The minimum Gasteiger partial charge on any atom is -0.321 e. The first-order valence-corrected chi connectivity index (χ1v) is 18.2. The second kappa shape index (κ2) is 16.7. The van der Waals surface area contributed by atoms with Crippen LogP contribution in [0.2, 0.25) is 10.0 Å². The molecular formula is C40H30Cl2N4O3S2. The lowest BCUT2D eigenvalue weighted by atomic mass is 10.1. The zero-order valence-electron chi connectivity index (χ0n) is 27.1. The summed E-state index contributed by atoms with van der Waals surface area (Å²) in [5.74, 6) is -1.12. The minimum atomic E-state index is -0.596. The van der Waals surface area contributed by atoms with Gasteiger partial charge in [-0.05, 0) is 72.7 Å². The first-order valence-electron chi connectivity index (χ1n) is 15.7. The quantitative estimate of drug-likeness (QED) is 0.0905. The fraction of sp³-hybridized carbons (Fsp3) is 0.0500. The van der Waals surface area contributed by atoms with Gasteiger partial charge in [0.1, 0.15) is 10.9 Å². The predicted molar refractivity (Wildman–Crippen MR) is 209 cm³/mol. The Morgan fingerprint density at radius 2 is 1.51 bits per heavy atom. The molecule has 0 spiro atoms. The summed E-state index contributed by atoms with van der Waals surface area (Å²) < 4.78 is 0. The van der Waals surface area contributed by atoms with E-state index >= 15 is 0 Å². The second-order valence-corrected chi connectivity index (χ2v) is 14.2. The zero-order valence-corrected chi connectivity index (χ0v) is 30.2. The number of thioether (sulfide) groups is 1. The van der Waals surface area contributed by atoms with E-state index in [0.29, 0.717) is 32.1 Å². The van der Waals surface area contributed by atoms with Gasteiger partial charge in [-0.1, -0.05) is 108 Å². The Labute approximate surface area is 313 Å². The lowest BCUT2D eigenvalue weighted by molar-refractivity contribution is -0.116. The number of aromatic nitrogens is 1. The molecule has 0 saturated heterocycles. The van der Waals surface area contributed by atoms with E-state index in [9.17, 15) is 14.4 Å². The summed E-state index contributed by atoms with van der Waals surface area (Å²) in [6, 6.07) is 38.3. The Hall–Kier alpha value is -5.19. The van der Waals surface area contributed by atoms with Crippen LogP contribution in [0.25, 0.3) is 17.3 Å². The van der Waals surface area contributed by atoms with E-state index in [2.05, 4.69) is 20.9 Å². The smallest absolute Gasteiger partial charge is 0.272 e. The van der Waals surface area contributed by atoms with Gasteiger partial charge in [-0.3, -0.25) is 14.4 Å². The highest BCUT2D eigenvalue weighted by Gasteiger charge is 2.24. The van der Waals surface area contributed by atoms with Crippen molar-refractivity contribution in [1.29, 1.82) is 0 Å². The van der Waals surface area contributed by atoms with E-state index in [1.165, 1.54) is 23.1 Å². The van der Waals surface area contributed by atoms with Crippen LogP contribution in [0, 0.1) is 6.92 Å². The number of amides is 3. The summed E-state index contributed by atoms with van der Waals surface area (Å²) in [6.45, 7) is 1.96. The van der Waals surface area contributed by atoms with E-state index in [0.717, 1.165) is 27.1 Å². The minimum absolute atomic E-state index is 0.0956. The molecule has 5 aromatic carbocycles. The second-order valence-electron chi connectivity index (χ2n) is 11.3. The molecule has 3 amide bonds. The molecule has 6 aromatic rings. The highest BCUT2D eigenvalue weighted by molar-refractivity contribution is 8.00. The lowest BCUT2D eigenvalue weighted by Crippen LogP contribution is -2.30. The first-order chi connectivity index (χ1) is 24.7. The first kappa shape index (κ1) is 35.6. The van der Waals surface area contributed by atoms with Crippen molar-refractivity contribution < 1.29 is 14.4 Å². The Balaban J connectivity index is 1.17. The van der Waals surface area contributed by atoms with Gasteiger partial charge in [0.25, 0.3) is 11.8 Å². The number of nitrogens with zero attached hydrogens (tertiary/aromatic N) is 1. The molecular weight excluding hydrogens is 720 g/mol. The molecule has 1 aromatic heterocycles. The average molecular weight is 750 g/mol. The monoisotopic (exact) mass is 748 g/mol. The van der Waals surface area contributed by atoms with Crippen LogP contribution in [0.15, 0.2) is 143 Å².